The molecule has 1 aliphatic carbocycles. The molecule has 1 N–H and O–H groups in total. The van der Waals surface area contributed by atoms with E-state index >= 15 is 0 Å². The molecule has 3 heterocycles. The molecule has 3 saturated heterocycles. The number of likely N-dealkylation sites (N-methyl/N-ethyl adjacent to an activating group) is 1. The van der Waals surface area contributed by atoms with Gasteiger partial charge < -0.3 is 15.1 Å². The van der Waals surface area contributed by atoms with E-state index in [-0.39, 0.29) is 17.9 Å². The van der Waals surface area contributed by atoms with Gasteiger partial charge in [-0.15, -0.1) is 0 Å². The van der Waals surface area contributed by atoms with Crippen molar-refractivity contribution in [3.63, 3.8) is 0 Å². The topological polar surface area (TPSA) is 55.9 Å². The summed E-state index contributed by atoms with van der Waals surface area (Å²) in [6, 6.07) is 1.16. The molecular formula is C22H38N4O2. The fraction of sp³-hybridized carbons (Fsp3) is 0.909. The predicted molar refractivity (Wildman–Crippen MR) is 110 cm³/mol. The van der Waals surface area contributed by atoms with Crippen LogP contribution in [-0.2, 0) is 9.59 Å². The Balaban J connectivity index is 1.21. The number of hydrogen-bond donors (Lipinski definition) is 1. The van der Waals surface area contributed by atoms with Crippen molar-refractivity contribution in [2.75, 3.05) is 39.8 Å². The lowest BCUT2D eigenvalue weighted by Crippen LogP contribution is -2.53. The number of amides is 2. The van der Waals surface area contributed by atoms with Gasteiger partial charge in [-0.1, -0.05) is 12.8 Å². The highest BCUT2D eigenvalue weighted by Gasteiger charge is 2.35. The van der Waals surface area contributed by atoms with Gasteiger partial charge in [0.05, 0.1) is 6.04 Å². The van der Waals surface area contributed by atoms with Crippen LogP contribution in [0.5, 0.6) is 0 Å². The number of nitrogens with one attached hydrogen (secondary N) is 1. The maximum absolute atomic E-state index is 13.0. The number of carbonyl (C=O) groups is 2. The summed E-state index contributed by atoms with van der Waals surface area (Å²) in [5.74, 6) is 0.859. The van der Waals surface area contributed by atoms with Crippen LogP contribution in [0.25, 0.3) is 0 Å². The van der Waals surface area contributed by atoms with E-state index in [1.807, 2.05) is 0 Å². The second-order valence-electron chi connectivity index (χ2n) is 9.50. The Labute approximate surface area is 170 Å². The number of nitrogens with zero attached hydrogens (tertiary/aromatic N) is 3. The Morgan fingerprint density at radius 3 is 2.18 bits per heavy atom. The summed E-state index contributed by atoms with van der Waals surface area (Å²) < 4.78 is 0. The minimum Gasteiger partial charge on any atom is -0.353 e. The third-order valence-electron chi connectivity index (χ3n) is 7.42. The molecule has 6 nitrogen and oxygen atoms in total. The van der Waals surface area contributed by atoms with Crippen molar-refractivity contribution in [1.82, 2.24) is 20.0 Å². The van der Waals surface area contributed by atoms with Crippen LogP contribution in [0.1, 0.15) is 64.2 Å². The fourth-order valence-corrected chi connectivity index (χ4v) is 5.30. The Morgan fingerprint density at radius 2 is 1.50 bits per heavy atom. The van der Waals surface area contributed by atoms with Gasteiger partial charge in [-0.2, -0.15) is 0 Å². The summed E-state index contributed by atoms with van der Waals surface area (Å²) in [6.07, 6.45) is 11.2. The van der Waals surface area contributed by atoms with Gasteiger partial charge in [0.2, 0.25) is 11.8 Å². The van der Waals surface area contributed by atoms with Crippen LogP contribution in [0, 0.1) is 5.92 Å². The smallest absolute Gasteiger partial charge is 0.239 e. The van der Waals surface area contributed by atoms with E-state index in [0.717, 1.165) is 64.8 Å². The minimum absolute atomic E-state index is 0.0970. The maximum Gasteiger partial charge on any atom is 0.239 e. The maximum atomic E-state index is 13.0. The van der Waals surface area contributed by atoms with Crippen LogP contribution < -0.4 is 5.32 Å². The number of rotatable bonds is 4. The number of carbonyl (C=O) groups excluding carboxylic acids is 2. The average Bonchev–Trinajstić information content (AvgIpc) is 3.56. The first-order chi connectivity index (χ1) is 13.6. The van der Waals surface area contributed by atoms with Crippen LogP contribution in [-0.4, -0.2) is 84.4 Å². The number of hydrogen-bond acceptors (Lipinski definition) is 4. The zero-order valence-electron chi connectivity index (χ0n) is 17.6. The van der Waals surface area contributed by atoms with Crippen molar-refractivity contribution in [1.29, 1.82) is 0 Å². The Hall–Kier alpha value is -1.14. The van der Waals surface area contributed by atoms with Gasteiger partial charge in [-0.05, 0) is 78.0 Å². The molecule has 0 aromatic rings. The monoisotopic (exact) mass is 390 g/mol. The van der Waals surface area contributed by atoms with Crippen molar-refractivity contribution < 1.29 is 9.59 Å². The Bertz CT molecular complexity index is 549. The van der Waals surface area contributed by atoms with Crippen molar-refractivity contribution >= 4 is 11.8 Å². The van der Waals surface area contributed by atoms with E-state index in [1.54, 1.807) is 0 Å². The van der Waals surface area contributed by atoms with Crippen molar-refractivity contribution in [3.8, 4) is 0 Å². The quantitative estimate of drug-likeness (QED) is 0.796. The second kappa shape index (κ2) is 9.12. The molecule has 4 fully saturated rings. The molecular weight excluding hydrogens is 352 g/mol. The van der Waals surface area contributed by atoms with Gasteiger partial charge in [0.25, 0.3) is 0 Å². The highest BCUT2D eigenvalue weighted by Crippen LogP contribution is 2.27. The Morgan fingerprint density at radius 1 is 0.786 bits per heavy atom. The van der Waals surface area contributed by atoms with E-state index in [2.05, 4.69) is 27.1 Å². The molecule has 3 aliphatic heterocycles. The van der Waals surface area contributed by atoms with Gasteiger partial charge >= 0.3 is 0 Å². The fourth-order valence-electron chi connectivity index (χ4n) is 5.30. The molecule has 158 valence electrons. The third kappa shape index (κ3) is 4.88. The molecule has 0 aromatic heterocycles. The molecule has 28 heavy (non-hydrogen) atoms. The van der Waals surface area contributed by atoms with Crippen LogP contribution >= 0.6 is 0 Å². The van der Waals surface area contributed by atoms with Crippen molar-refractivity contribution in [3.05, 3.63) is 0 Å². The summed E-state index contributed by atoms with van der Waals surface area (Å²) in [6.45, 7) is 4.92. The first-order valence-electron chi connectivity index (χ1n) is 11.7. The van der Waals surface area contributed by atoms with Gasteiger partial charge in [-0.25, -0.2) is 0 Å². The van der Waals surface area contributed by atoms with Crippen LogP contribution in [0.3, 0.4) is 0 Å². The Kier molecular flexibility index (Phi) is 6.56. The second-order valence-corrected chi connectivity index (χ2v) is 9.50. The van der Waals surface area contributed by atoms with Gasteiger partial charge in [0.1, 0.15) is 0 Å². The van der Waals surface area contributed by atoms with Crippen molar-refractivity contribution in [2.24, 2.45) is 5.92 Å². The molecule has 2 amide bonds. The lowest BCUT2D eigenvalue weighted by atomic mass is 9.92. The highest BCUT2D eigenvalue weighted by atomic mass is 16.2. The molecule has 4 aliphatic rings. The molecule has 0 unspecified atom stereocenters. The third-order valence-corrected chi connectivity index (χ3v) is 7.42. The summed E-state index contributed by atoms with van der Waals surface area (Å²) in [7, 11) is 2.12. The largest absolute Gasteiger partial charge is 0.353 e. The minimum atomic E-state index is 0.0970. The van der Waals surface area contributed by atoms with Gasteiger partial charge in [0.15, 0.2) is 0 Å². The molecule has 4 rings (SSSR count). The highest BCUT2D eigenvalue weighted by molar-refractivity contribution is 5.82. The van der Waals surface area contributed by atoms with E-state index < -0.39 is 0 Å². The lowest BCUT2D eigenvalue weighted by molar-refractivity contribution is -0.138. The number of piperidine rings is 2. The van der Waals surface area contributed by atoms with Gasteiger partial charge in [0, 0.05) is 31.1 Å². The molecule has 1 saturated carbocycles. The van der Waals surface area contributed by atoms with E-state index in [9.17, 15) is 9.59 Å². The number of likely N-dealkylation sites (tertiary alicyclic amines) is 3. The van der Waals surface area contributed by atoms with Crippen LogP contribution in [0.2, 0.25) is 0 Å². The molecule has 0 bridgehead atoms. The standard InChI is InChI=1S/C22H38N4O2/c1-24-12-4-2-3-5-20(24)22(28)26-15-10-19(11-16-26)25-13-8-17(9-14-25)21(27)23-18-6-7-18/h17-20H,2-16H2,1H3,(H,23,27)/t20-/m1/s1. The zero-order valence-corrected chi connectivity index (χ0v) is 17.6. The average molecular weight is 391 g/mol. The summed E-state index contributed by atoms with van der Waals surface area (Å²) >= 11 is 0. The normalized spacial score (nSPS) is 29.5. The predicted octanol–water partition coefficient (Wildman–Crippen LogP) is 1.84. The zero-order chi connectivity index (χ0) is 19.5. The molecule has 0 radical (unpaired) electrons. The first-order valence-corrected chi connectivity index (χ1v) is 11.7. The molecule has 6 heteroatoms. The summed E-state index contributed by atoms with van der Waals surface area (Å²) in [4.78, 5) is 32.3. The van der Waals surface area contributed by atoms with E-state index in [1.165, 1.54) is 32.1 Å². The van der Waals surface area contributed by atoms with Crippen LogP contribution in [0.15, 0.2) is 0 Å². The summed E-state index contributed by atoms with van der Waals surface area (Å²) in [5.41, 5.74) is 0. The lowest BCUT2D eigenvalue weighted by Gasteiger charge is -2.42. The van der Waals surface area contributed by atoms with Crippen LogP contribution in [0.4, 0.5) is 0 Å². The summed E-state index contributed by atoms with van der Waals surface area (Å²) in [5, 5.41) is 3.17. The SMILES string of the molecule is CN1CCCCC[C@@H]1C(=O)N1CCC(N2CCC(C(=O)NC3CC3)CC2)CC1. The van der Waals surface area contributed by atoms with Gasteiger partial charge in [-0.3, -0.25) is 14.5 Å². The van der Waals surface area contributed by atoms with E-state index in [4.69, 9.17) is 0 Å². The molecule has 1 atom stereocenters. The van der Waals surface area contributed by atoms with Crippen molar-refractivity contribution in [2.45, 2.75) is 82.3 Å². The molecule has 0 aromatic carbocycles. The van der Waals surface area contributed by atoms with E-state index in [0.29, 0.717) is 18.0 Å². The molecule has 0 spiro atoms. The first kappa shape index (κ1) is 20.1.